The molecule has 21 heavy (non-hydrogen) atoms. The van der Waals surface area contributed by atoms with Crippen molar-refractivity contribution in [2.24, 2.45) is 21.7 Å². The maximum atomic E-state index is 12.7. The molecule has 2 saturated carbocycles. The van der Waals surface area contributed by atoms with Crippen molar-refractivity contribution in [3.8, 4) is 0 Å². The summed E-state index contributed by atoms with van der Waals surface area (Å²) in [6.45, 7) is 6.56. The van der Waals surface area contributed by atoms with Gasteiger partial charge in [-0.1, -0.05) is 20.8 Å². The van der Waals surface area contributed by atoms with Gasteiger partial charge < -0.3 is 4.90 Å². The van der Waals surface area contributed by atoms with E-state index in [9.17, 15) is 4.79 Å². The zero-order chi connectivity index (χ0) is 15.4. The summed E-state index contributed by atoms with van der Waals surface area (Å²) in [7, 11) is 4.04. The van der Waals surface area contributed by atoms with E-state index in [4.69, 9.17) is 4.99 Å². The predicted octanol–water partition coefficient (Wildman–Crippen LogP) is 3.85. The van der Waals surface area contributed by atoms with E-state index in [-0.39, 0.29) is 16.6 Å². The Kier molecular flexibility index (Phi) is 3.01. The third-order valence-corrected chi connectivity index (χ3v) is 5.91. The van der Waals surface area contributed by atoms with Crippen molar-refractivity contribution < 1.29 is 4.79 Å². The minimum Gasteiger partial charge on any atom is -0.378 e. The number of aliphatic imine (C=N–C) groups is 1. The molecule has 0 aromatic heterocycles. The molecule has 2 aliphatic rings. The Morgan fingerprint density at radius 3 is 2.24 bits per heavy atom. The van der Waals surface area contributed by atoms with Gasteiger partial charge in [-0.2, -0.15) is 0 Å². The van der Waals surface area contributed by atoms with Crippen molar-refractivity contribution in [2.45, 2.75) is 33.6 Å². The van der Waals surface area contributed by atoms with Crippen molar-refractivity contribution >= 4 is 22.9 Å². The van der Waals surface area contributed by atoms with E-state index in [1.165, 1.54) is 0 Å². The van der Waals surface area contributed by atoms with Crippen molar-refractivity contribution in [2.75, 3.05) is 19.0 Å². The number of hydrogen-bond acceptors (Lipinski definition) is 3. The number of anilines is 1. The van der Waals surface area contributed by atoms with Crippen LogP contribution in [0.2, 0.25) is 0 Å². The van der Waals surface area contributed by atoms with E-state index < -0.39 is 0 Å². The Bertz CT molecular complexity index is 613. The van der Waals surface area contributed by atoms with Crippen molar-refractivity contribution in [3.05, 3.63) is 24.3 Å². The second-order valence-corrected chi connectivity index (χ2v) is 7.38. The second kappa shape index (κ2) is 4.43. The quantitative estimate of drug-likeness (QED) is 0.826. The topological polar surface area (TPSA) is 32.7 Å². The monoisotopic (exact) mass is 284 g/mol. The molecule has 0 saturated heterocycles. The van der Waals surface area contributed by atoms with E-state index in [1.807, 2.05) is 38.4 Å². The number of rotatable bonds is 2. The Morgan fingerprint density at radius 1 is 1.14 bits per heavy atom. The van der Waals surface area contributed by atoms with E-state index in [0.29, 0.717) is 5.92 Å². The number of hydrogen-bond donors (Lipinski definition) is 0. The molecule has 2 bridgehead atoms. The summed E-state index contributed by atoms with van der Waals surface area (Å²) in [6, 6.07) is 8.09. The molecule has 3 heteroatoms. The first-order chi connectivity index (χ1) is 9.77. The van der Waals surface area contributed by atoms with Crippen LogP contribution in [-0.2, 0) is 4.79 Å². The van der Waals surface area contributed by atoms with E-state index in [0.717, 1.165) is 29.9 Å². The summed E-state index contributed by atoms with van der Waals surface area (Å²) in [4.78, 5) is 19.5. The molecule has 2 aliphatic carbocycles. The molecular weight excluding hydrogens is 260 g/mol. The molecule has 1 aromatic rings. The third-order valence-electron chi connectivity index (χ3n) is 5.91. The first-order valence-electron chi connectivity index (χ1n) is 7.68. The smallest absolute Gasteiger partial charge is 0.183 e. The fourth-order valence-electron chi connectivity index (χ4n) is 3.92. The molecule has 2 fully saturated rings. The highest BCUT2D eigenvalue weighted by molar-refractivity contribution is 6.46. The van der Waals surface area contributed by atoms with Crippen LogP contribution in [0.4, 0.5) is 11.4 Å². The van der Waals surface area contributed by atoms with Crippen LogP contribution in [0.15, 0.2) is 29.3 Å². The van der Waals surface area contributed by atoms with Gasteiger partial charge in [-0.15, -0.1) is 0 Å². The molecule has 2 unspecified atom stereocenters. The van der Waals surface area contributed by atoms with Crippen LogP contribution in [0.3, 0.4) is 0 Å². The van der Waals surface area contributed by atoms with E-state index in [2.05, 4.69) is 25.7 Å². The number of ketones is 1. The van der Waals surface area contributed by atoms with Gasteiger partial charge in [0.2, 0.25) is 0 Å². The van der Waals surface area contributed by atoms with Crippen LogP contribution >= 0.6 is 0 Å². The van der Waals surface area contributed by atoms with Gasteiger partial charge in [-0.25, -0.2) is 4.99 Å². The lowest BCUT2D eigenvalue weighted by molar-refractivity contribution is -0.123. The minimum absolute atomic E-state index is 0.0342. The van der Waals surface area contributed by atoms with Gasteiger partial charge in [-0.05, 0) is 42.5 Å². The summed E-state index contributed by atoms with van der Waals surface area (Å²) in [5, 5.41) is 0. The van der Waals surface area contributed by atoms with Crippen LogP contribution in [0.1, 0.15) is 33.6 Å². The predicted molar refractivity (Wildman–Crippen MR) is 87.5 cm³/mol. The van der Waals surface area contributed by atoms with Crippen LogP contribution in [0, 0.1) is 16.7 Å². The number of benzene rings is 1. The van der Waals surface area contributed by atoms with Gasteiger partial charge in [0.25, 0.3) is 0 Å². The summed E-state index contributed by atoms with van der Waals surface area (Å²) >= 11 is 0. The molecule has 112 valence electrons. The lowest BCUT2D eigenvalue weighted by atomic mass is 9.70. The molecule has 0 radical (unpaired) electrons. The number of fused-ring (bicyclic) bond motifs is 2. The summed E-state index contributed by atoms with van der Waals surface area (Å²) in [5.74, 6) is 0.573. The summed E-state index contributed by atoms with van der Waals surface area (Å²) < 4.78 is 0. The van der Waals surface area contributed by atoms with Gasteiger partial charge in [-0.3, -0.25) is 4.79 Å². The van der Waals surface area contributed by atoms with Crippen LogP contribution in [-0.4, -0.2) is 25.6 Å². The van der Waals surface area contributed by atoms with Crippen molar-refractivity contribution in [3.63, 3.8) is 0 Å². The molecule has 0 amide bonds. The molecule has 2 atom stereocenters. The maximum Gasteiger partial charge on any atom is 0.183 e. The Hall–Kier alpha value is -1.64. The van der Waals surface area contributed by atoms with E-state index in [1.54, 1.807) is 0 Å². The highest BCUT2D eigenvalue weighted by Crippen LogP contribution is 2.62. The molecule has 3 nitrogen and oxygen atoms in total. The molecule has 0 spiro atoms. The fourth-order valence-corrected chi connectivity index (χ4v) is 3.92. The minimum atomic E-state index is -0.222. The molecule has 1 aromatic carbocycles. The van der Waals surface area contributed by atoms with E-state index >= 15 is 0 Å². The molecule has 3 rings (SSSR count). The Labute approximate surface area is 127 Å². The van der Waals surface area contributed by atoms with Gasteiger partial charge in [0.05, 0.1) is 11.4 Å². The number of carbonyl (C=O) groups is 1. The van der Waals surface area contributed by atoms with Crippen LogP contribution in [0.5, 0.6) is 0 Å². The Balaban J connectivity index is 1.96. The molecular formula is C18H24N2O. The van der Waals surface area contributed by atoms with Gasteiger partial charge in [0, 0.05) is 31.1 Å². The lowest BCUT2D eigenvalue weighted by Crippen LogP contribution is -2.33. The fraction of sp³-hybridized carbons (Fsp3) is 0.556. The normalized spacial score (nSPS) is 32.0. The summed E-state index contributed by atoms with van der Waals surface area (Å²) in [6.07, 6.45) is 2.09. The van der Waals surface area contributed by atoms with Crippen LogP contribution in [0.25, 0.3) is 0 Å². The molecule has 0 aliphatic heterocycles. The standard InChI is InChI=1S/C18H24N2O/c1-17(2)14-10-11-18(17,3)16(21)15(14)19-12-6-8-13(9-7-12)20(4)5/h6-9,14H,10-11H2,1-5H3. The van der Waals surface area contributed by atoms with Crippen LogP contribution < -0.4 is 4.90 Å². The highest BCUT2D eigenvalue weighted by Gasteiger charge is 2.64. The number of nitrogens with zero attached hydrogens (tertiary/aromatic N) is 2. The zero-order valence-electron chi connectivity index (χ0n) is 13.6. The van der Waals surface area contributed by atoms with Crippen molar-refractivity contribution in [1.29, 1.82) is 0 Å². The Morgan fingerprint density at radius 2 is 1.76 bits per heavy atom. The lowest BCUT2D eigenvalue weighted by Gasteiger charge is -2.31. The maximum absolute atomic E-state index is 12.7. The van der Waals surface area contributed by atoms with Gasteiger partial charge in [0.1, 0.15) is 0 Å². The first-order valence-corrected chi connectivity index (χ1v) is 7.68. The zero-order valence-corrected chi connectivity index (χ0v) is 13.6. The summed E-state index contributed by atoms with van der Waals surface area (Å²) in [5.41, 5.74) is 2.64. The van der Waals surface area contributed by atoms with Gasteiger partial charge >= 0.3 is 0 Å². The van der Waals surface area contributed by atoms with Gasteiger partial charge in [0.15, 0.2) is 5.78 Å². The number of Topliss-reactive ketones (excluding diaryl/α,β-unsaturated/α-hetero) is 1. The molecule has 0 N–H and O–H groups in total. The average molecular weight is 284 g/mol. The third kappa shape index (κ3) is 1.86. The molecule has 0 heterocycles. The second-order valence-electron chi connectivity index (χ2n) is 7.38. The number of carbonyl (C=O) groups excluding carboxylic acids is 1. The highest BCUT2D eigenvalue weighted by atomic mass is 16.1. The first kappa shape index (κ1) is 14.3. The average Bonchev–Trinajstić information content (AvgIpc) is 2.74. The largest absolute Gasteiger partial charge is 0.378 e. The SMILES string of the molecule is CN(C)c1ccc(N=C2C(=O)C3(C)CCC2C3(C)C)cc1. The van der Waals surface area contributed by atoms with Crippen molar-refractivity contribution in [1.82, 2.24) is 0 Å².